The summed E-state index contributed by atoms with van der Waals surface area (Å²) in [6, 6.07) is 0.0875. The molecule has 0 radical (unpaired) electrons. The van der Waals surface area contributed by atoms with Crippen molar-refractivity contribution in [2.75, 3.05) is 0 Å². The number of alkyl halides is 6. The molecular formula is C8H5F6NO2. The molecule has 1 N–H and O–H groups in total. The fourth-order valence-electron chi connectivity index (χ4n) is 0.987. The number of halogens is 6. The Morgan fingerprint density at radius 3 is 2.12 bits per heavy atom. The molecule has 0 amide bonds. The van der Waals surface area contributed by atoms with Crippen molar-refractivity contribution in [3.63, 3.8) is 0 Å². The highest BCUT2D eigenvalue weighted by molar-refractivity contribution is 5.33. The van der Waals surface area contributed by atoms with E-state index >= 15 is 0 Å². The Morgan fingerprint density at radius 1 is 1.18 bits per heavy atom. The molecule has 0 spiro atoms. The van der Waals surface area contributed by atoms with Gasteiger partial charge in [0, 0.05) is 6.07 Å². The molecule has 17 heavy (non-hydrogen) atoms. The Balaban J connectivity index is 3.31. The quantitative estimate of drug-likeness (QED) is 0.789. The molecular weight excluding hydrogens is 256 g/mol. The molecule has 96 valence electrons. The lowest BCUT2D eigenvalue weighted by atomic mass is 10.2. The predicted octanol–water partition coefficient (Wildman–Crippen LogP) is 2.60. The van der Waals surface area contributed by atoms with Gasteiger partial charge < -0.3 is 9.72 Å². The molecule has 0 saturated heterocycles. The summed E-state index contributed by atoms with van der Waals surface area (Å²) in [6.45, 7) is 0.917. The largest absolute Gasteiger partial charge is 0.573 e. The minimum Gasteiger partial charge on any atom is -0.405 e. The van der Waals surface area contributed by atoms with E-state index in [2.05, 4.69) is 4.74 Å². The van der Waals surface area contributed by atoms with Gasteiger partial charge in [-0.3, -0.25) is 4.79 Å². The normalized spacial score (nSPS) is 12.6. The maximum atomic E-state index is 12.2. The van der Waals surface area contributed by atoms with Crippen LogP contribution in [0, 0.1) is 6.92 Å². The maximum absolute atomic E-state index is 12.2. The number of hydrogen-bond donors (Lipinski definition) is 1. The highest BCUT2D eigenvalue weighted by Gasteiger charge is 2.36. The highest BCUT2D eigenvalue weighted by Crippen LogP contribution is 2.31. The van der Waals surface area contributed by atoms with E-state index in [0.717, 1.165) is 6.92 Å². The van der Waals surface area contributed by atoms with Crippen LogP contribution in [0.2, 0.25) is 0 Å². The van der Waals surface area contributed by atoms with E-state index in [1.165, 1.54) is 4.98 Å². The fraction of sp³-hybridized carbons (Fsp3) is 0.375. The molecule has 1 heterocycles. The number of aromatic amines is 1. The lowest BCUT2D eigenvalue weighted by molar-refractivity contribution is -0.275. The molecule has 1 rings (SSSR count). The first kappa shape index (κ1) is 13.4. The van der Waals surface area contributed by atoms with Gasteiger partial charge in [-0.1, -0.05) is 0 Å². The third kappa shape index (κ3) is 3.40. The van der Waals surface area contributed by atoms with Crippen LogP contribution < -0.4 is 10.3 Å². The van der Waals surface area contributed by atoms with Crippen molar-refractivity contribution < 1.29 is 31.1 Å². The van der Waals surface area contributed by atoms with Crippen molar-refractivity contribution in [1.82, 2.24) is 4.98 Å². The Hall–Kier alpha value is -1.67. The molecule has 0 aromatic carbocycles. The zero-order chi connectivity index (χ0) is 13.4. The second-order valence-electron chi connectivity index (χ2n) is 3.05. The first-order chi connectivity index (χ1) is 7.50. The number of ether oxygens (including phenoxy) is 1. The van der Waals surface area contributed by atoms with Gasteiger partial charge >= 0.3 is 12.5 Å². The number of H-pyrrole nitrogens is 1. The molecule has 3 nitrogen and oxygen atoms in total. The highest BCUT2D eigenvalue weighted by atomic mass is 19.4. The zero-order valence-electron chi connectivity index (χ0n) is 8.16. The van der Waals surface area contributed by atoms with E-state index in [9.17, 15) is 31.1 Å². The van der Waals surface area contributed by atoms with Crippen LogP contribution in [0.4, 0.5) is 26.3 Å². The van der Waals surface area contributed by atoms with Crippen molar-refractivity contribution in [3.05, 3.63) is 27.7 Å². The van der Waals surface area contributed by atoms with E-state index in [1.54, 1.807) is 0 Å². The fourth-order valence-corrected chi connectivity index (χ4v) is 0.987. The van der Waals surface area contributed by atoms with Crippen LogP contribution >= 0.6 is 0 Å². The molecule has 1 aromatic heterocycles. The van der Waals surface area contributed by atoms with Crippen LogP contribution in [0.5, 0.6) is 5.75 Å². The van der Waals surface area contributed by atoms with Gasteiger partial charge in [0.1, 0.15) is 11.4 Å². The lowest BCUT2D eigenvalue weighted by Crippen LogP contribution is -2.23. The van der Waals surface area contributed by atoms with E-state index in [0.29, 0.717) is 0 Å². The van der Waals surface area contributed by atoms with Crippen LogP contribution in [0.25, 0.3) is 0 Å². The Morgan fingerprint density at radius 2 is 1.71 bits per heavy atom. The van der Waals surface area contributed by atoms with Crippen molar-refractivity contribution in [3.8, 4) is 5.75 Å². The first-order valence-electron chi connectivity index (χ1n) is 4.07. The van der Waals surface area contributed by atoms with Gasteiger partial charge in [-0.05, 0) is 6.92 Å². The molecule has 0 fully saturated rings. The van der Waals surface area contributed by atoms with E-state index in [-0.39, 0.29) is 6.07 Å². The van der Waals surface area contributed by atoms with E-state index in [4.69, 9.17) is 0 Å². The molecule has 0 aliphatic rings. The minimum atomic E-state index is -5.17. The van der Waals surface area contributed by atoms with Crippen LogP contribution in [0.1, 0.15) is 11.3 Å². The molecule has 0 saturated carbocycles. The molecule has 9 heteroatoms. The SMILES string of the molecule is Cc1c(OC(F)(F)F)cc(C(F)(F)F)[nH]c1=O. The number of hydrogen-bond acceptors (Lipinski definition) is 2. The second kappa shape index (κ2) is 3.97. The molecule has 1 aromatic rings. The van der Waals surface area contributed by atoms with Gasteiger partial charge in [-0.2, -0.15) is 13.2 Å². The lowest BCUT2D eigenvalue weighted by Gasteiger charge is -2.13. The van der Waals surface area contributed by atoms with Crippen LogP contribution in [-0.2, 0) is 6.18 Å². The minimum absolute atomic E-state index is 0.0875. The summed E-state index contributed by atoms with van der Waals surface area (Å²) >= 11 is 0. The van der Waals surface area contributed by atoms with Gasteiger partial charge in [0.2, 0.25) is 0 Å². The average molecular weight is 261 g/mol. The van der Waals surface area contributed by atoms with Gasteiger partial charge in [0.05, 0.1) is 5.56 Å². The van der Waals surface area contributed by atoms with Gasteiger partial charge in [0.25, 0.3) is 5.56 Å². The van der Waals surface area contributed by atoms with Gasteiger partial charge in [-0.15, -0.1) is 13.2 Å². The smallest absolute Gasteiger partial charge is 0.405 e. The Labute approximate surface area is 90.0 Å². The predicted molar refractivity (Wildman–Crippen MR) is 43.5 cm³/mol. The zero-order valence-corrected chi connectivity index (χ0v) is 8.16. The number of aromatic nitrogens is 1. The maximum Gasteiger partial charge on any atom is 0.573 e. The summed E-state index contributed by atoms with van der Waals surface area (Å²) in [5.41, 5.74) is -3.48. The Bertz CT molecular complexity index is 472. The summed E-state index contributed by atoms with van der Waals surface area (Å²) in [7, 11) is 0. The molecule has 0 aliphatic heterocycles. The number of pyridine rings is 1. The van der Waals surface area contributed by atoms with Crippen LogP contribution in [0.15, 0.2) is 10.9 Å². The first-order valence-corrected chi connectivity index (χ1v) is 4.07. The topological polar surface area (TPSA) is 42.1 Å². The van der Waals surface area contributed by atoms with Crippen molar-refractivity contribution in [2.24, 2.45) is 0 Å². The van der Waals surface area contributed by atoms with Crippen LogP contribution in [-0.4, -0.2) is 11.3 Å². The number of nitrogens with one attached hydrogen (secondary N) is 1. The molecule has 0 unspecified atom stereocenters. The van der Waals surface area contributed by atoms with Gasteiger partial charge in [0.15, 0.2) is 0 Å². The van der Waals surface area contributed by atoms with Crippen molar-refractivity contribution >= 4 is 0 Å². The molecule has 0 bridgehead atoms. The van der Waals surface area contributed by atoms with E-state index < -0.39 is 35.1 Å². The van der Waals surface area contributed by atoms with Gasteiger partial charge in [-0.25, -0.2) is 0 Å². The summed E-state index contributed by atoms with van der Waals surface area (Å²) in [5.74, 6) is -1.17. The van der Waals surface area contributed by atoms with Crippen molar-refractivity contribution in [2.45, 2.75) is 19.5 Å². The second-order valence-corrected chi connectivity index (χ2v) is 3.05. The summed E-state index contributed by atoms with van der Waals surface area (Å²) in [5, 5.41) is 0. The Kier molecular flexibility index (Phi) is 3.13. The summed E-state index contributed by atoms with van der Waals surface area (Å²) in [4.78, 5) is 12.4. The van der Waals surface area contributed by atoms with Crippen LogP contribution in [0.3, 0.4) is 0 Å². The molecule has 0 atom stereocenters. The third-order valence-electron chi connectivity index (χ3n) is 1.76. The summed E-state index contributed by atoms with van der Waals surface area (Å²) in [6.07, 6.45) is -10.1. The van der Waals surface area contributed by atoms with E-state index in [1.807, 2.05) is 0 Å². The molecule has 0 aliphatic carbocycles. The van der Waals surface area contributed by atoms with Crippen molar-refractivity contribution in [1.29, 1.82) is 0 Å². The third-order valence-corrected chi connectivity index (χ3v) is 1.76. The number of rotatable bonds is 1. The monoisotopic (exact) mass is 261 g/mol. The average Bonchev–Trinajstić information content (AvgIpc) is 2.08. The standard InChI is InChI=1S/C8H5F6NO2/c1-3-4(17-8(12,13)14)2-5(7(9,10)11)15-6(3)16/h2H,1H3,(H,15,16). The summed E-state index contributed by atoms with van der Waals surface area (Å²) < 4.78 is 75.5.